The number of rotatable bonds is 8. The van der Waals surface area contributed by atoms with E-state index < -0.39 is 5.41 Å². The molecule has 0 amide bonds. The molecule has 0 saturated carbocycles. The van der Waals surface area contributed by atoms with Crippen molar-refractivity contribution >= 4 is 11.8 Å². The van der Waals surface area contributed by atoms with E-state index in [9.17, 15) is 10.2 Å². The van der Waals surface area contributed by atoms with Gasteiger partial charge in [-0.3, -0.25) is 0 Å². The third-order valence-corrected chi connectivity index (χ3v) is 3.62. The Balaban J connectivity index is 4.36. The monoisotopic (exact) mass is 216 g/mol. The summed E-state index contributed by atoms with van der Waals surface area (Å²) in [4.78, 5) is 0. The minimum Gasteiger partial charge on any atom is -0.395 e. The minimum absolute atomic E-state index is 0.0414. The van der Waals surface area contributed by atoms with E-state index in [-0.39, 0.29) is 13.2 Å². The summed E-state index contributed by atoms with van der Waals surface area (Å²) >= 11 is 1.65. The zero-order valence-corrected chi connectivity index (χ0v) is 9.65. The summed E-state index contributed by atoms with van der Waals surface area (Å²) in [7, 11) is 0. The molecule has 0 aromatic heterocycles. The van der Waals surface area contributed by atoms with E-state index in [0.29, 0.717) is 5.75 Å². The maximum absolute atomic E-state index is 9.32. The van der Waals surface area contributed by atoms with Crippen LogP contribution < -0.4 is 0 Å². The van der Waals surface area contributed by atoms with Crippen molar-refractivity contribution in [3.8, 4) is 0 Å². The summed E-state index contributed by atoms with van der Waals surface area (Å²) < 4.78 is 0. The molecule has 0 aromatic carbocycles. The Morgan fingerprint density at radius 2 is 2.00 bits per heavy atom. The molecule has 0 heterocycles. The molecule has 0 aromatic rings. The minimum atomic E-state index is -0.525. The number of hydrogen-bond donors (Lipinski definition) is 2. The third-order valence-electron chi connectivity index (χ3n) is 2.40. The summed E-state index contributed by atoms with van der Waals surface area (Å²) in [5, 5.41) is 18.6. The van der Waals surface area contributed by atoms with Crippen LogP contribution in [-0.4, -0.2) is 34.9 Å². The van der Waals surface area contributed by atoms with Crippen LogP contribution in [-0.2, 0) is 0 Å². The molecule has 3 heteroatoms. The largest absolute Gasteiger partial charge is 0.395 e. The van der Waals surface area contributed by atoms with Gasteiger partial charge in [-0.15, -0.1) is 6.58 Å². The smallest absolute Gasteiger partial charge is 0.0554 e. The number of aliphatic hydroxyl groups excluding tert-OH is 2. The van der Waals surface area contributed by atoms with Gasteiger partial charge in [0.1, 0.15) is 0 Å². The lowest BCUT2D eigenvalue weighted by Crippen LogP contribution is -2.34. The van der Waals surface area contributed by atoms with Gasteiger partial charge in [-0.25, -0.2) is 0 Å². The Morgan fingerprint density at radius 1 is 1.43 bits per heavy atom. The molecule has 14 heavy (non-hydrogen) atoms. The standard InChI is InChI=1S/C11H20O2S/c1-4-6-14-9-11(7-12,8-13)10(3)5-2/h4,12-13H,1,3,5-9H2,2H3. The molecule has 0 rings (SSSR count). The zero-order valence-electron chi connectivity index (χ0n) is 8.83. The van der Waals surface area contributed by atoms with Crippen LogP contribution in [0, 0.1) is 5.41 Å². The number of aliphatic hydroxyl groups is 2. The highest BCUT2D eigenvalue weighted by atomic mass is 32.2. The highest BCUT2D eigenvalue weighted by Gasteiger charge is 2.30. The predicted octanol–water partition coefficient (Wildman–Crippen LogP) is 1.84. The van der Waals surface area contributed by atoms with Crippen LogP contribution in [0.4, 0.5) is 0 Å². The first kappa shape index (κ1) is 13.8. The molecule has 0 aliphatic rings. The molecule has 82 valence electrons. The van der Waals surface area contributed by atoms with Gasteiger partial charge in [0.15, 0.2) is 0 Å². The molecule has 0 atom stereocenters. The SMILES string of the molecule is C=CCSCC(CO)(CO)C(=C)CC. The molecule has 0 radical (unpaired) electrons. The summed E-state index contributed by atoms with van der Waals surface area (Å²) in [6.45, 7) is 9.44. The molecule has 0 aliphatic heterocycles. The van der Waals surface area contributed by atoms with E-state index in [1.807, 2.05) is 13.0 Å². The molecule has 2 nitrogen and oxygen atoms in total. The van der Waals surface area contributed by atoms with Crippen molar-refractivity contribution in [3.05, 3.63) is 24.8 Å². The van der Waals surface area contributed by atoms with Crippen LogP contribution in [0.1, 0.15) is 13.3 Å². The number of thioether (sulfide) groups is 1. The Hall–Kier alpha value is -0.250. The first-order valence-electron chi connectivity index (χ1n) is 4.75. The average molecular weight is 216 g/mol. The van der Waals surface area contributed by atoms with Gasteiger partial charge < -0.3 is 10.2 Å². The maximum atomic E-state index is 9.32. The molecule has 0 spiro atoms. The van der Waals surface area contributed by atoms with Crippen molar-refractivity contribution in [1.29, 1.82) is 0 Å². The Kier molecular flexibility index (Phi) is 6.97. The molecule has 0 fully saturated rings. The van der Waals surface area contributed by atoms with E-state index in [0.717, 1.165) is 17.7 Å². The molecular weight excluding hydrogens is 196 g/mol. The molecule has 0 saturated heterocycles. The highest BCUT2D eigenvalue weighted by Crippen LogP contribution is 2.31. The summed E-state index contributed by atoms with van der Waals surface area (Å²) in [6, 6.07) is 0. The summed E-state index contributed by atoms with van der Waals surface area (Å²) in [5.74, 6) is 1.53. The second kappa shape index (κ2) is 7.10. The zero-order chi connectivity index (χ0) is 11.0. The fraction of sp³-hybridized carbons (Fsp3) is 0.636. The average Bonchev–Trinajstić information content (AvgIpc) is 2.24. The summed E-state index contributed by atoms with van der Waals surface area (Å²) in [6.07, 6.45) is 2.61. The molecule has 0 unspecified atom stereocenters. The van der Waals surface area contributed by atoms with Crippen LogP contribution in [0.25, 0.3) is 0 Å². The van der Waals surface area contributed by atoms with Gasteiger partial charge in [-0.05, 0) is 6.42 Å². The lowest BCUT2D eigenvalue weighted by Gasteiger charge is -2.31. The van der Waals surface area contributed by atoms with E-state index in [4.69, 9.17) is 0 Å². The molecule has 2 N–H and O–H groups in total. The lowest BCUT2D eigenvalue weighted by atomic mass is 9.83. The Labute approximate surface area is 90.7 Å². The van der Waals surface area contributed by atoms with E-state index >= 15 is 0 Å². The highest BCUT2D eigenvalue weighted by molar-refractivity contribution is 7.99. The second-order valence-electron chi connectivity index (χ2n) is 3.36. The van der Waals surface area contributed by atoms with Gasteiger partial charge in [0.05, 0.1) is 13.2 Å². The quantitative estimate of drug-likeness (QED) is 0.480. The lowest BCUT2D eigenvalue weighted by molar-refractivity contribution is 0.101. The van der Waals surface area contributed by atoms with Crippen LogP contribution in [0.3, 0.4) is 0 Å². The first-order valence-corrected chi connectivity index (χ1v) is 5.91. The van der Waals surface area contributed by atoms with Crippen molar-refractivity contribution in [2.24, 2.45) is 5.41 Å². The van der Waals surface area contributed by atoms with Crippen molar-refractivity contribution in [2.45, 2.75) is 13.3 Å². The van der Waals surface area contributed by atoms with Gasteiger partial charge in [-0.1, -0.05) is 25.2 Å². The third kappa shape index (κ3) is 3.48. The van der Waals surface area contributed by atoms with Crippen molar-refractivity contribution in [2.75, 3.05) is 24.7 Å². The van der Waals surface area contributed by atoms with Gasteiger partial charge >= 0.3 is 0 Å². The molecular formula is C11H20O2S. The molecule has 0 aliphatic carbocycles. The fourth-order valence-electron chi connectivity index (χ4n) is 1.18. The molecule has 0 bridgehead atoms. The Morgan fingerprint density at radius 3 is 2.36 bits per heavy atom. The van der Waals surface area contributed by atoms with Crippen LogP contribution in [0.15, 0.2) is 24.8 Å². The maximum Gasteiger partial charge on any atom is 0.0554 e. The Bertz CT molecular complexity index is 186. The number of hydrogen-bond acceptors (Lipinski definition) is 3. The van der Waals surface area contributed by atoms with E-state index in [1.54, 1.807) is 11.8 Å². The van der Waals surface area contributed by atoms with Crippen molar-refractivity contribution < 1.29 is 10.2 Å². The van der Waals surface area contributed by atoms with Crippen molar-refractivity contribution in [1.82, 2.24) is 0 Å². The predicted molar refractivity (Wildman–Crippen MR) is 63.6 cm³/mol. The second-order valence-corrected chi connectivity index (χ2v) is 4.39. The van der Waals surface area contributed by atoms with Crippen molar-refractivity contribution in [3.63, 3.8) is 0 Å². The van der Waals surface area contributed by atoms with E-state index in [2.05, 4.69) is 13.2 Å². The van der Waals surface area contributed by atoms with Gasteiger partial charge in [0.2, 0.25) is 0 Å². The van der Waals surface area contributed by atoms with Gasteiger partial charge in [0.25, 0.3) is 0 Å². The summed E-state index contributed by atoms with van der Waals surface area (Å²) in [5.41, 5.74) is 0.390. The van der Waals surface area contributed by atoms with Gasteiger partial charge in [0, 0.05) is 16.9 Å². The van der Waals surface area contributed by atoms with Crippen LogP contribution in [0.5, 0.6) is 0 Å². The topological polar surface area (TPSA) is 40.5 Å². The normalized spacial score (nSPS) is 11.4. The van der Waals surface area contributed by atoms with Crippen LogP contribution >= 0.6 is 11.8 Å². The van der Waals surface area contributed by atoms with Crippen LogP contribution in [0.2, 0.25) is 0 Å². The fourth-order valence-corrected chi connectivity index (χ4v) is 2.24. The first-order chi connectivity index (χ1) is 6.66. The van der Waals surface area contributed by atoms with E-state index in [1.165, 1.54) is 0 Å². The van der Waals surface area contributed by atoms with Gasteiger partial charge in [-0.2, -0.15) is 11.8 Å².